The number of carbonyl (C=O) groups is 8. The highest BCUT2D eigenvalue weighted by Crippen LogP contribution is 2.40. The zero-order valence-electron chi connectivity index (χ0n) is 31.9. The van der Waals surface area contributed by atoms with Crippen LogP contribution < -0.4 is 5.32 Å². The van der Waals surface area contributed by atoms with Crippen molar-refractivity contribution in [3.8, 4) is 5.75 Å². The number of ether oxygens (including phenoxy) is 2. The molecule has 3 aromatic carbocycles. The van der Waals surface area contributed by atoms with Gasteiger partial charge in [-0.05, 0) is 85.8 Å². The number of aromatic nitrogens is 1. The Morgan fingerprint density at radius 3 is 2.27 bits per heavy atom. The van der Waals surface area contributed by atoms with Crippen molar-refractivity contribution in [3.05, 3.63) is 112 Å². The molecule has 1 aromatic heterocycles. The lowest BCUT2D eigenvalue weighted by Gasteiger charge is -2.22. The number of benzene rings is 3. The summed E-state index contributed by atoms with van der Waals surface area (Å²) in [5, 5.41) is 33.2. The normalized spacial score (nSPS) is 15.6. The number of carbonyl (C=O) groups excluding carboxylic acids is 6. The molecule has 1 heterocycles. The van der Waals surface area contributed by atoms with Crippen LogP contribution in [0.4, 0.5) is 5.69 Å². The van der Waals surface area contributed by atoms with E-state index in [4.69, 9.17) is 9.47 Å². The van der Waals surface area contributed by atoms with Gasteiger partial charge in [0.1, 0.15) is 35.9 Å². The first-order valence-corrected chi connectivity index (χ1v) is 18.9. The van der Waals surface area contributed by atoms with Crippen molar-refractivity contribution >= 4 is 63.7 Å². The minimum atomic E-state index is -1.55. The molecule has 0 bridgehead atoms. The number of ketones is 3. The third-order valence-electron chi connectivity index (χ3n) is 10.4. The molecule has 6 rings (SSSR count). The summed E-state index contributed by atoms with van der Waals surface area (Å²) in [6.45, 7) is 4.16. The quantitative estimate of drug-likeness (QED) is 0.0565. The first-order valence-electron chi connectivity index (χ1n) is 18.9. The molecule has 1 fully saturated rings. The molecule has 304 valence electrons. The van der Waals surface area contributed by atoms with E-state index >= 15 is 0 Å². The van der Waals surface area contributed by atoms with Crippen molar-refractivity contribution in [2.75, 3.05) is 11.9 Å². The van der Waals surface area contributed by atoms with E-state index in [0.717, 1.165) is 36.6 Å². The monoisotopic (exact) mass is 804 g/mol. The summed E-state index contributed by atoms with van der Waals surface area (Å²) in [6, 6.07) is 14.2. The molecule has 2 aliphatic carbocycles. The molecule has 15 nitrogen and oxygen atoms in total. The van der Waals surface area contributed by atoms with Gasteiger partial charge in [-0.15, -0.1) is 0 Å². The van der Waals surface area contributed by atoms with Crippen molar-refractivity contribution < 1.29 is 63.1 Å². The van der Waals surface area contributed by atoms with Crippen LogP contribution in [0.5, 0.6) is 5.75 Å². The SMILES string of the molecule is C=C(C)C(=O)OCC(CC(=O)CCC(=O)Nc1ccc2c(c1)C(=O)C(c1nc3ccc(C4CCCCC4)cc3cc1O)C2=O)OC(=O)c1cc(C(=O)O)ccc1C(=O)O. The van der Waals surface area contributed by atoms with Gasteiger partial charge in [-0.1, -0.05) is 31.9 Å². The average Bonchev–Trinajstić information content (AvgIpc) is 3.45. The molecule has 4 N–H and O–H groups in total. The fourth-order valence-electron chi connectivity index (χ4n) is 7.33. The lowest BCUT2D eigenvalue weighted by atomic mass is 9.83. The Kier molecular flexibility index (Phi) is 12.4. The van der Waals surface area contributed by atoms with Gasteiger partial charge in [-0.3, -0.25) is 19.2 Å². The van der Waals surface area contributed by atoms with Gasteiger partial charge in [0.05, 0.1) is 22.2 Å². The van der Waals surface area contributed by atoms with Crippen LogP contribution in [0.15, 0.2) is 72.8 Å². The first kappa shape index (κ1) is 41.6. The lowest BCUT2D eigenvalue weighted by molar-refractivity contribution is -0.143. The molecule has 2 aliphatic rings. The maximum Gasteiger partial charge on any atom is 0.339 e. The van der Waals surface area contributed by atoms with Crippen molar-refractivity contribution in [1.82, 2.24) is 4.98 Å². The number of carboxylic acid groups (broad SMARTS) is 2. The topological polar surface area (TPSA) is 241 Å². The van der Waals surface area contributed by atoms with Gasteiger partial charge in [-0.25, -0.2) is 24.2 Å². The number of nitrogens with zero attached hydrogens (tertiary/aromatic N) is 1. The standard InChI is InChI=1S/C44H40N2O13/c1-22(2)43(56)58-21-29(59-44(57)33-17-25(41(52)53)8-12-31(33)42(54)55)20-28(47)11-15-36(49)45-27-10-13-30-32(19-27)40(51)37(39(30)50)38-35(48)18-26-16-24(9-14-34(26)46-38)23-6-4-3-5-7-23/h8-10,12-14,16-19,23,29,37,48H,1,3-7,11,15,20-21H2,2H3,(H,45,49)(H,52,53)(H,54,55). The van der Waals surface area contributed by atoms with Crippen molar-refractivity contribution in [2.24, 2.45) is 0 Å². The molecule has 59 heavy (non-hydrogen) atoms. The molecule has 0 aliphatic heterocycles. The highest BCUT2D eigenvalue weighted by molar-refractivity contribution is 6.30. The number of aromatic hydroxyl groups is 1. The number of carboxylic acids is 2. The molecule has 1 saturated carbocycles. The van der Waals surface area contributed by atoms with Crippen LogP contribution in [0.25, 0.3) is 10.9 Å². The summed E-state index contributed by atoms with van der Waals surface area (Å²) in [6.07, 6.45) is 2.95. The van der Waals surface area contributed by atoms with E-state index in [1.165, 1.54) is 50.5 Å². The summed E-state index contributed by atoms with van der Waals surface area (Å²) >= 11 is 0. The molecular weight excluding hydrogens is 764 g/mol. The maximum atomic E-state index is 13.7. The predicted molar refractivity (Wildman–Crippen MR) is 210 cm³/mol. The molecule has 0 saturated heterocycles. The van der Waals surface area contributed by atoms with Gasteiger partial charge in [0.25, 0.3) is 0 Å². The van der Waals surface area contributed by atoms with Crippen LogP contribution >= 0.6 is 0 Å². The van der Waals surface area contributed by atoms with Gasteiger partial charge >= 0.3 is 23.9 Å². The van der Waals surface area contributed by atoms with E-state index in [2.05, 4.69) is 16.9 Å². The van der Waals surface area contributed by atoms with E-state index in [-0.39, 0.29) is 46.7 Å². The van der Waals surface area contributed by atoms with Gasteiger partial charge in [0.2, 0.25) is 5.91 Å². The highest BCUT2D eigenvalue weighted by atomic mass is 16.6. The number of anilines is 1. The first-order chi connectivity index (χ1) is 28.1. The number of hydrogen-bond acceptors (Lipinski definition) is 12. The fourth-order valence-corrected chi connectivity index (χ4v) is 7.33. The number of amides is 1. The highest BCUT2D eigenvalue weighted by Gasteiger charge is 2.42. The Hall–Kier alpha value is -7.03. The number of pyridine rings is 1. The third kappa shape index (κ3) is 9.41. The smallest absolute Gasteiger partial charge is 0.339 e. The number of Topliss-reactive ketones (excluding diaryl/α,β-unsaturated/α-hetero) is 3. The molecule has 15 heteroatoms. The Balaban J connectivity index is 1.09. The van der Waals surface area contributed by atoms with Crippen LogP contribution in [-0.4, -0.2) is 80.1 Å². The number of esters is 2. The molecule has 2 atom stereocenters. The van der Waals surface area contributed by atoms with E-state index in [0.29, 0.717) is 16.8 Å². The van der Waals surface area contributed by atoms with Crippen LogP contribution in [0, 0.1) is 0 Å². The van der Waals surface area contributed by atoms with E-state index in [9.17, 15) is 53.7 Å². The largest absolute Gasteiger partial charge is 0.506 e. The zero-order valence-corrected chi connectivity index (χ0v) is 31.9. The van der Waals surface area contributed by atoms with Crippen LogP contribution in [0.3, 0.4) is 0 Å². The van der Waals surface area contributed by atoms with Gasteiger partial charge in [-0.2, -0.15) is 0 Å². The third-order valence-corrected chi connectivity index (χ3v) is 10.4. The minimum absolute atomic E-state index is 0.0000643. The number of fused-ring (bicyclic) bond motifs is 2. The van der Waals surface area contributed by atoms with E-state index in [1.54, 1.807) is 0 Å². The summed E-state index contributed by atoms with van der Waals surface area (Å²) in [5.41, 5.74) is 0.325. The Morgan fingerprint density at radius 1 is 0.847 bits per heavy atom. The Morgan fingerprint density at radius 2 is 1.58 bits per heavy atom. The average molecular weight is 805 g/mol. The van der Waals surface area contributed by atoms with Crippen molar-refractivity contribution in [2.45, 2.75) is 76.2 Å². The van der Waals surface area contributed by atoms with Gasteiger partial charge in [0, 0.05) is 47.0 Å². The van der Waals surface area contributed by atoms with E-state index < -0.39 is 88.9 Å². The molecule has 4 aromatic rings. The summed E-state index contributed by atoms with van der Waals surface area (Å²) in [7, 11) is 0. The predicted octanol–water partition coefficient (Wildman–Crippen LogP) is 6.57. The number of hydrogen-bond donors (Lipinski definition) is 4. The molecule has 1 amide bonds. The fraction of sp³-hybridized carbons (Fsp3) is 0.295. The summed E-state index contributed by atoms with van der Waals surface area (Å²) in [5.74, 6) is -8.81. The zero-order chi connectivity index (χ0) is 42.5. The van der Waals surface area contributed by atoms with Crippen LogP contribution in [-0.2, 0) is 23.9 Å². The number of nitrogens with one attached hydrogen (secondary N) is 1. The van der Waals surface area contributed by atoms with Gasteiger partial charge < -0.3 is 30.1 Å². The Labute approximate surface area is 337 Å². The van der Waals surface area contributed by atoms with Crippen LogP contribution in [0.1, 0.15) is 133 Å². The van der Waals surface area contributed by atoms with Gasteiger partial charge in [0.15, 0.2) is 11.6 Å². The second-order valence-electron chi connectivity index (χ2n) is 14.7. The Bertz CT molecular complexity index is 2450. The molecular formula is C44H40N2O13. The molecule has 0 radical (unpaired) electrons. The van der Waals surface area contributed by atoms with E-state index in [1.807, 2.05) is 18.2 Å². The number of rotatable bonds is 15. The molecule has 2 unspecified atom stereocenters. The minimum Gasteiger partial charge on any atom is -0.506 e. The second-order valence-corrected chi connectivity index (χ2v) is 14.7. The molecule has 0 spiro atoms. The van der Waals surface area contributed by atoms with Crippen LogP contribution in [0.2, 0.25) is 0 Å². The number of aromatic carboxylic acids is 2. The second kappa shape index (κ2) is 17.6. The van der Waals surface area contributed by atoms with Crippen molar-refractivity contribution in [3.63, 3.8) is 0 Å². The lowest BCUT2D eigenvalue weighted by Crippen LogP contribution is -2.29. The summed E-state index contributed by atoms with van der Waals surface area (Å²) in [4.78, 5) is 106. The van der Waals surface area contributed by atoms with Crippen molar-refractivity contribution in [1.29, 1.82) is 0 Å². The maximum absolute atomic E-state index is 13.7. The summed E-state index contributed by atoms with van der Waals surface area (Å²) < 4.78 is 10.4.